The normalized spacial score (nSPS) is 10.4. The van der Waals surface area contributed by atoms with Crippen molar-refractivity contribution in [2.75, 3.05) is 6.54 Å². The smallest absolute Gasteiger partial charge is 0.252 e. The lowest BCUT2D eigenvalue weighted by Crippen LogP contribution is -2.26. The Bertz CT molecular complexity index is 739. The molecule has 0 unspecified atom stereocenters. The van der Waals surface area contributed by atoms with Crippen LogP contribution in [0.15, 0.2) is 54.9 Å². The average molecular weight is 293 g/mol. The number of rotatable bonds is 5. The second-order valence-electron chi connectivity index (χ2n) is 4.72. The number of nitrogens with zero attached hydrogens (tertiary/aromatic N) is 3. The molecule has 3 aromatic rings. The lowest BCUT2D eigenvalue weighted by Gasteiger charge is -2.02. The first kappa shape index (κ1) is 13.9. The molecule has 2 heterocycles. The fraction of sp³-hybridized carbons (Fsp3) is 0.125. The van der Waals surface area contributed by atoms with E-state index in [1.54, 1.807) is 18.3 Å². The number of hydrogen-bond acceptors (Lipinski definition) is 4. The zero-order valence-corrected chi connectivity index (χ0v) is 11.9. The first-order valence-corrected chi connectivity index (χ1v) is 6.98. The summed E-state index contributed by atoms with van der Waals surface area (Å²) in [5, 5.41) is 9.91. The second kappa shape index (κ2) is 6.62. The Morgan fingerprint density at radius 1 is 1.14 bits per heavy atom. The maximum Gasteiger partial charge on any atom is 0.252 e. The molecule has 6 nitrogen and oxygen atoms in total. The fourth-order valence-electron chi connectivity index (χ4n) is 2.02. The molecule has 22 heavy (non-hydrogen) atoms. The van der Waals surface area contributed by atoms with Crippen LogP contribution in [0.4, 0.5) is 0 Å². The van der Waals surface area contributed by atoms with Gasteiger partial charge in [0, 0.05) is 30.9 Å². The van der Waals surface area contributed by atoms with E-state index < -0.39 is 0 Å². The van der Waals surface area contributed by atoms with Crippen molar-refractivity contribution in [1.82, 2.24) is 25.5 Å². The number of nitrogens with one attached hydrogen (secondary N) is 2. The van der Waals surface area contributed by atoms with Crippen LogP contribution in [-0.4, -0.2) is 32.6 Å². The molecule has 0 radical (unpaired) electrons. The molecule has 3 rings (SSSR count). The zero-order chi connectivity index (χ0) is 15.2. The van der Waals surface area contributed by atoms with Gasteiger partial charge in [-0.1, -0.05) is 30.3 Å². The summed E-state index contributed by atoms with van der Waals surface area (Å²) in [6, 6.07) is 13.2. The van der Waals surface area contributed by atoms with Gasteiger partial charge < -0.3 is 5.32 Å². The predicted molar refractivity (Wildman–Crippen MR) is 82.1 cm³/mol. The van der Waals surface area contributed by atoms with E-state index in [0.717, 1.165) is 11.4 Å². The van der Waals surface area contributed by atoms with Gasteiger partial charge in [-0.2, -0.15) is 5.10 Å². The predicted octanol–water partition coefficient (Wildman–Crippen LogP) is 1.84. The maximum atomic E-state index is 11.9. The number of H-pyrrole nitrogens is 1. The van der Waals surface area contributed by atoms with Gasteiger partial charge in [0.15, 0.2) is 5.82 Å². The van der Waals surface area contributed by atoms with Crippen LogP contribution in [0.3, 0.4) is 0 Å². The molecule has 2 N–H and O–H groups in total. The quantitative estimate of drug-likeness (QED) is 0.752. The van der Waals surface area contributed by atoms with Gasteiger partial charge in [-0.3, -0.25) is 14.9 Å². The van der Waals surface area contributed by atoms with Crippen LogP contribution < -0.4 is 5.32 Å². The summed E-state index contributed by atoms with van der Waals surface area (Å²) < 4.78 is 0. The van der Waals surface area contributed by atoms with Crippen LogP contribution in [0.2, 0.25) is 0 Å². The minimum Gasteiger partial charge on any atom is -0.352 e. The molecule has 0 bridgehead atoms. The van der Waals surface area contributed by atoms with E-state index in [4.69, 9.17) is 0 Å². The molecule has 0 saturated heterocycles. The summed E-state index contributed by atoms with van der Waals surface area (Å²) in [6.07, 6.45) is 3.76. The van der Waals surface area contributed by atoms with E-state index in [9.17, 15) is 4.79 Å². The Hall–Kier alpha value is -3.02. The van der Waals surface area contributed by atoms with Crippen molar-refractivity contribution in [3.8, 4) is 11.4 Å². The lowest BCUT2D eigenvalue weighted by molar-refractivity contribution is 0.0953. The van der Waals surface area contributed by atoms with E-state index in [2.05, 4.69) is 25.5 Å². The summed E-state index contributed by atoms with van der Waals surface area (Å²) in [7, 11) is 0. The molecule has 0 aliphatic rings. The van der Waals surface area contributed by atoms with Crippen molar-refractivity contribution in [2.45, 2.75) is 6.42 Å². The Morgan fingerprint density at radius 2 is 2.00 bits per heavy atom. The molecule has 0 aliphatic heterocycles. The van der Waals surface area contributed by atoms with Gasteiger partial charge in [0.05, 0.1) is 5.56 Å². The molecule has 0 saturated carbocycles. The van der Waals surface area contributed by atoms with E-state index in [1.807, 2.05) is 30.3 Å². The van der Waals surface area contributed by atoms with Gasteiger partial charge in [0.1, 0.15) is 5.82 Å². The molecule has 0 aliphatic carbocycles. The van der Waals surface area contributed by atoms with Crippen molar-refractivity contribution < 1.29 is 4.79 Å². The molecule has 1 aromatic carbocycles. The van der Waals surface area contributed by atoms with Crippen LogP contribution in [0.5, 0.6) is 0 Å². The molecule has 1 amide bonds. The fourth-order valence-corrected chi connectivity index (χ4v) is 2.02. The first-order chi connectivity index (χ1) is 10.8. The lowest BCUT2D eigenvalue weighted by atomic mass is 10.2. The van der Waals surface area contributed by atoms with Gasteiger partial charge >= 0.3 is 0 Å². The largest absolute Gasteiger partial charge is 0.352 e. The second-order valence-corrected chi connectivity index (χ2v) is 4.72. The number of carbonyl (C=O) groups is 1. The molecule has 0 spiro atoms. The van der Waals surface area contributed by atoms with Crippen LogP contribution in [0.1, 0.15) is 16.2 Å². The maximum absolute atomic E-state index is 11.9. The summed E-state index contributed by atoms with van der Waals surface area (Å²) in [5.74, 6) is 1.26. The van der Waals surface area contributed by atoms with Gasteiger partial charge in [-0.05, 0) is 12.1 Å². The highest BCUT2D eigenvalue weighted by molar-refractivity contribution is 5.93. The van der Waals surface area contributed by atoms with Crippen molar-refractivity contribution >= 4 is 5.91 Å². The number of amides is 1. The molecule has 0 atom stereocenters. The highest BCUT2D eigenvalue weighted by Gasteiger charge is 2.07. The number of pyridine rings is 1. The molecular formula is C16H15N5O. The van der Waals surface area contributed by atoms with Crippen molar-refractivity contribution in [3.05, 3.63) is 66.2 Å². The summed E-state index contributed by atoms with van der Waals surface area (Å²) >= 11 is 0. The van der Waals surface area contributed by atoms with Crippen LogP contribution in [0, 0.1) is 0 Å². The van der Waals surface area contributed by atoms with Gasteiger partial charge in [0.2, 0.25) is 0 Å². The number of aromatic amines is 1. The number of aromatic nitrogens is 4. The van der Waals surface area contributed by atoms with E-state index in [-0.39, 0.29) is 5.91 Å². The minimum atomic E-state index is -0.143. The molecule has 6 heteroatoms. The van der Waals surface area contributed by atoms with Crippen LogP contribution >= 0.6 is 0 Å². The SMILES string of the molecule is O=C(NCCc1nc(-c2ccccc2)n[nH]1)c1cccnc1. The Kier molecular flexibility index (Phi) is 4.20. The van der Waals surface area contributed by atoms with E-state index >= 15 is 0 Å². The summed E-state index contributed by atoms with van der Waals surface area (Å²) in [4.78, 5) is 20.2. The van der Waals surface area contributed by atoms with Crippen molar-refractivity contribution in [1.29, 1.82) is 0 Å². The van der Waals surface area contributed by atoms with E-state index in [1.165, 1.54) is 6.20 Å². The monoisotopic (exact) mass is 293 g/mol. The molecule has 110 valence electrons. The molecule has 0 fully saturated rings. The highest BCUT2D eigenvalue weighted by Crippen LogP contribution is 2.13. The van der Waals surface area contributed by atoms with Crippen molar-refractivity contribution in [2.24, 2.45) is 0 Å². The molecule has 2 aromatic heterocycles. The Morgan fingerprint density at radius 3 is 2.77 bits per heavy atom. The molecular weight excluding hydrogens is 278 g/mol. The topological polar surface area (TPSA) is 83.6 Å². The third-order valence-corrected chi connectivity index (χ3v) is 3.13. The first-order valence-electron chi connectivity index (χ1n) is 6.98. The van der Waals surface area contributed by atoms with Crippen LogP contribution in [0.25, 0.3) is 11.4 Å². The number of benzene rings is 1. The van der Waals surface area contributed by atoms with Gasteiger partial charge in [-0.15, -0.1) is 0 Å². The third kappa shape index (κ3) is 3.35. The number of hydrogen-bond donors (Lipinski definition) is 2. The van der Waals surface area contributed by atoms with Crippen LogP contribution in [-0.2, 0) is 6.42 Å². The van der Waals surface area contributed by atoms with Gasteiger partial charge in [-0.25, -0.2) is 4.98 Å². The summed E-state index contributed by atoms with van der Waals surface area (Å²) in [5.41, 5.74) is 1.51. The Balaban J connectivity index is 1.55. The van der Waals surface area contributed by atoms with E-state index in [0.29, 0.717) is 24.4 Å². The average Bonchev–Trinajstić information content (AvgIpc) is 3.05. The highest BCUT2D eigenvalue weighted by atomic mass is 16.1. The van der Waals surface area contributed by atoms with Crippen molar-refractivity contribution in [3.63, 3.8) is 0 Å². The van der Waals surface area contributed by atoms with Gasteiger partial charge in [0.25, 0.3) is 5.91 Å². The third-order valence-electron chi connectivity index (χ3n) is 3.13. The number of carbonyl (C=O) groups excluding carboxylic acids is 1. The zero-order valence-electron chi connectivity index (χ0n) is 11.9. The minimum absolute atomic E-state index is 0.143. The standard InChI is InChI=1S/C16H15N5O/c22-16(13-7-4-9-17-11-13)18-10-8-14-19-15(21-20-14)12-5-2-1-3-6-12/h1-7,9,11H,8,10H2,(H,18,22)(H,19,20,21). The summed E-state index contributed by atoms with van der Waals surface area (Å²) in [6.45, 7) is 0.483. The Labute approximate surface area is 127 Å².